The first-order valence-electron chi connectivity index (χ1n) is 11.9. The number of hydrogen-bond acceptors (Lipinski definition) is 5. The second kappa shape index (κ2) is 13.1. The van der Waals surface area contributed by atoms with E-state index >= 15 is 0 Å². The van der Waals surface area contributed by atoms with E-state index in [1.165, 1.54) is 31.7 Å². The molecule has 0 aliphatic rings. The molecule has 7 nitrogen and oxygen atoms in total. The van der Waals surface area contributed by atoms with E-state index in [9.17, 15) is 14.7 Å². The average Bonchev–Trinajstić information content (AvgIpc) is 2.85. The maximum absolute atomic E-state index is 12.4. The van der Waals surface area contributed by atoms with Crippen molar-refractivity contribution in [1.29, 1.82) is 0 Å². The van der Waals surface area contributed by atoms with Crippen LogP contribution in [0.3, 0.4) is 0 Å². The lowest BCUT2D eigenvalue weighted by Gasteiger charge is -2.13. The van der Waals surface area contributed by atoms with Crippen LogP contribution in [0.2, 0.25) is 0 Å². The molecule has 7 heteroatoms. The molecule has 0 radical (unpaired) electrons. The van der Waals surface area contributed by atoms with Crippen LogP contribution in [0.5, 0.6) is 17.4 Å². The zero-order chi connectivity index (χ0) is 25.0. The van der Waals surface area contributed by atoms with Crippen molar-refractivity contribution in [2.24, 2.45) is 5.92 Å². The summed E-state index contributed by atoms with van der Waals surface area (Å²) in [5.41, 5.74) is 0.983. The van der Waals surface area contributed by atoms with Crippen molar-refractivity contribution in [1.82, 2.24) is 4.98 Å². The normalized spacial score (nSPS) is 11.5. The molecule has 3 aromatic rings. The minimum atomic E-state index is -1.10. The van der Waals surface area contributed by atoms with E-state index in [1.807, 2.05) is 24.3 Å². The SMILES string of the molecule is CCCCCC(C)COc1ccc(Oc2ccc(CC(=O)Nc3ccccc3C(=O)O)cn2)cc1. The summed E-state index contributed by atoms with van der Waals surface area (Å²) in [6, 6.07) is 17.1. The molecule has 0 aliphatic heterocycles. The Labute approximate surface area is 206 Å². The molecule has 2 N–H and O–H groups in total. The largest absolute Gasteiger partial charge is 0.493 e. The van der Waals surface area contributed by atoms with Crippen LogP contribution < -0.4 is 14.8 Å². The summed E-state index contributed by atoms with van der Waals surface area (Å²) in [6.45, 7) is 5.11. The lowest BCUT2D eigenvalue weighted by Crippen LogP contribution is -2.16. The van der Waals surface area contributed by atoms with Gasteiger partial charge >= 0.3 is 5.97 Å². The Morgan fingerprint density at radius 1 is 1.00 bits per heavy atom. The number of amides is 1. The highest BCUT2D eigenvalue weighted by molar-refractivity contribution is 6.00. The van der Waals surface area contributed by atoms with Gasteiger partial charge in [0.05, 0.1) is 24.3 Å². The zero-order valence-electron chi connectivity index (χ0n) is 20.2. The number of nitrogens with one attached hydrogen (secondary N) is 1. The molecular formula is C28H32N2O5. The smallest absolute Gasteiger partial charge is 0.337 e. The Bertz CT molecular complexity index is 1100. The topological polar surface area (TPSA) is 97.8 Å². The van der Waals surface area contributed by atoms with Gasteiger partial charge in [-0.25, -0.2) is 9.78 Å². The average molecular weight is 477 g/mol. The fourth-order valence-electron chi connectivity index (χ4n) is 3.52. The predicted molar refractivity (Wildman–Crippen MR) is 135 cm³/mol. The number of carbonyl (C=O) groups excluding carboxylic acids is 1. The fraction of sp³-hybridized carbons (Fsp3) is 0.321. The number of rotatable bonds is 13. The number of carboxylic acids is 1. The number of ether oxygens (including phenoxy) is 2. The number of anilines is 1. The molecular weight excluding hydrogens is 444 g/mol. The van der Waals surface area contributed by atoms with Crippen molar-refractivity contribution in [3.05, 3.63) is 78.0 Å². The molecule has 1 unspecified atom stereocenters. The zero-order valence-corrected chi connectivity index (χ0v) is 20.2. The fourth-order valence-corrected chi connectivity index (χ4v) is 3.52. The van der Waals surface area contributed by atoms with Gasteiger partial charge in [-0.15, -0.1) is 0 Å². The first-order valence-corrected chi connectivity index (χ1v) is 11.9. The second-order valence-corrected chi connectivity index (χ2v) is 8.57. The van der Waals surface area contributed by atoms with Crippen LogP contribution in [-0.2, 0) is 11.2 Å². The van der Waals surface area contributed by atoms with Gasteiger partial charge in [0, 0.05) is 12.3 Å². The summed E-state index contributed by atoms with van der Waals surface area (Å²) in [6.07, 6.45) is 6.53. The number of para-hydroxylation sites is 1. The summed E-state index contributed by atoms with van der Waals surface area (Å²) in [4.78, 5) is 27.9. The van der Waals surface area contributed by atoms with Gasteiger partial charge in [-0.3, -0.25) is 4.79 Å². The van der Waals surface area contributed by atoms with Gasteiger partial charge in [0.2, 0.25) is 11.8 Å². The molecule has 0 fully saturated rings. The van der Waals surface area contributed by atoms with Gasteiger partial charge in [0.25, 0.3) is 0 Å². The number of nitrogens with zero attached hydrogens (tertiary/aromatic N) is 1. The van der Waals surface area contributed by atoms with Gasteiger partial charge in [-0.05, 0) is 54.3 Å². The molecule has 0 spiro atoms. The molecule has 0 bridgehead atoms. The summed E-state index contributed by atoms with van der Waals surface area (Å²) >= 11 is 0. The minimum absolute atomic E-state index is 0.0422. The van der Waals surface area contributed by atoms with Crippen LogP contribution in [0, 0.1) is 5.92 Å². The van der Waals surface area contributed by atoms with Crippen LogP contribution in [0.15, 0.2) is 66.9 Å². The summed E-state index contributed by atoms with van der Waals surface area (Å²) < 4.78 is 11.7. The standard InChI is InChI=1S/C28H32N2O5/c1-3-4-5-8-20(2)19-34-22-12-14-23(15-13-22)35-27-16-11-21(18-29-27)17-26(31)30-25-10-7-6-9-24(25)28(32)33/h6-7,9-16,18,20H,3-5,8,17,19H2,1-2H3,(H,30,31)(H,32,33). The first kappa shape index (κ1) is 25.7. The summed E-state index contributed by atoms with van der Waals surface area (Å²) in [5.74, 6) is 0.943. The van der Waals surface area contributed by atoms with Crippen molar-refractivity contribution in [2.45, 2.75) is 46.0 Å². The number of carboxylic acid groups (broad SMARTS) is 1. The molecule has 184 valence electrons. The highest BCUT2D eigenvalue weighted by Gasteiger charge is 2.12. The highest BCUT2D eigenvalue weighted by atomic mass is 16.5. The van der Waals surface area contributed by atoms with Crippen LogP contribution in [-0.4, -0.2) is 28.6 Å². The lowest BCUT2D eigenvalue weighted by molar-refractivity contribution is -0.115. The van der Waals surface area contributed by atoms with Crippen LogP contribution in [0.1, 0.15) is 55.5 Å². The summed E-state index contributed by atoms with van der Waals surface area (Å²) in [5, 5.41) is 11.9. The third-order valence-electron chi connectivity index (χ3n) is 5.47. The number of pyridine rings is 1. The second-order valence-electron chi connectivity index (χ2n) is 8.57. The van der Waals surface area contributed by atoms with Crippen molar-refractivity contribution < 1.29 is 24.2 Å². The van der Waals surface area contributed by atoms with Crippen LogP contribution in [0.4, 0.5) is 5.69 Å². The van der Waals surface area contributed by atoms with E-state index in [0.29, 0.717) is 29.7 Å². The summed E-state index contributed by atoms with van der Waals surface area (Å²) in [7, 11) is 0. The molecule has 35 heavy (non-hydrogen) atoms. The Hall–Kier alpha value is -3.87. The monoisotopic (exact) mass is 476 g/mol. The molecule has 1 atom stereocenters. The number of hydrogen-bond donors (Lipinski definition) is 2. The van der Waals surface area contributed by atoms with E-state index in [4.69, 9.17) is 9.47 Å². The number of unbranched alkanes of at least 4 members (excludes halogenated alkanes) is 2. The maximum atomic E-state index is 12.4. The lowest BCUT2D eigenvalue weighted by atomic mass is 10.0. The molecule has 1 amide bonds. The van der Waals surface area contributed by atoms with Crippen molar-refractivity contribution >= 4 is 17.6 Å². The minimum Gasteiger partial charge on any atom is -0.493 e. The Morgan fingerprint density at radius 3 is 2.43 bits per heavy atom. The third kappa shape index (κ3) is 8.45. The van der Waals surface area contributed by atoms with Crippen molar-refractivity contribution in [3.63, 3.8) is 0 Å². The predicted octanol–water partition coefficient (Wildman–Crippen LogP) is 6.35. The number of aromatic nitrogens is 1. The highest BCUT2D eigenvalue weighted by Crippen LogP contribution is 2.23. The first-order chi connectivity index (χ1) is 16.9. The van der Waals surface area contributed by atoms with Gasteiger partial charge in [-0.1, -0.05) is 51.3 Å². The molecule has 0 aliphatic carbocycles. The van der Waals surface area contributed by atoms with E-state index in [0.717, 1.165) is 5.75 Å². The van der Waals surface area contributed by atoms with Gasteiger partial charge in [0.1, 0.15) is 11.5 Å². The molecule has 0 saturated carbocycles. The molecule has 1 heterocycles. The van der Waals surface area contributed by atoms with E-state index < -0.39 is 5.97 Å². The van der Waals surface area contributed by atoms with Gasteiger partial charge < -0.3 is 19.9 Å². The van der Waals surface area contributed by atoms with Crippen molar-refractivity contribution in [2.75, 3.05) is 11.9 Å². The van der Waals surface area contributed by atoms with Gasteiger partial charge in [-0.2, -0.15) is 0 Å². The third-order valence-corrected chi connectivity index (χ3v) is 5.47. The van der Waals surface area contributed by atoms with Crippen molar-refractivity contribution in [3.8, 4) is 17.4 Å². The molecule has 1 aromatic heterocycles. The Kier molecular flexibility index (Phi) is 9.66. The molecule has 0 saturated heterocycles. The van der Waals surface area contributed by atoms with Crippen LogP contribution in [0.25, 0.3) is 0 Å². The molecule has 3 rings (SSSR count). The Balaban J connectivity index is 1.48. The van der Waals surface area contributed by atoms with E-state index in [1.54, 1.807) is 36.5 Å². The van der Waals surface area contributed by atoms with Gasteiger partial charge in [0.15, 0.2) is 0 Å². The number of benzene rings is 2. The molecule has 2 aromatic carbocycles. The van der Waals surface area contributed by atoms with Crippen LogP contribution >= 0.6 is 0 Å². The Morgan fingerprint density at radius 2 is 1.74 bits per heavy atom. The quantitative estimate of drug-likeness (QED) is 0.279. The van der Waals surface area contributed by atoms with E-state index in [2.05, 4.69) is 24.1 Å². The maximum Gasteiger partial charge on any atom is 0.337 e. The van der Waals surface area contributed by atoms with E-state index in [-0.39, 0.29) is 23.6 Å². The number of carbonyl (C=O) groups is 2. The number of aromatic carboxylic acids is 1.